The molecule has 4 fully saturated rings. The highest BCUT2D eigenvalue weighted by Crippen LogP contribution is 2.44. The van der Waals surface area contributed by atoms with Gasteiger partial charge in [-0.1, -0.05) is 6.42 Å². The summed E-state index contributed by atoms with van der Waals surface area (Å²) in [6, 6.07) is 0. The zero-order valence-electron chi connectivity index (χ0n) is 7.12. The van der Waals surface area contributed by atoms with Crippen molar-refractivity contribution in [3.8, 4) is 0 Å². The summed E-state index contributed by atoms with van der Waals surface area (Å²) >= 11 is 0. The maximum Gasteiger partial charge on any atom is 0.285 e. The van der Waals surface area contributed by atoms with Crippen LogP contribution in [0.3, 0.4) is 0 Å². The van der Waals surface area contributed by atoms with E-state index in [-0.39, 0.29) is 0 Å². The smallest absolute Gasteiger partial charge is 0.285 e. The van der Waals surface area contributed by atoms with Gasteiger partial charge >= 0.3 is 0 Å². The monoisotopic (exact) mass is 170 g/mol. The first kappa shape index (κ1) is 7.30. The lowest BCUT2D eigenvalue weighted by Crippen LogP contribution is -2.59. The molecule has 0 aromatic carbocycles. The Bertz CT molecular complexity index is 166. The first-order valence-electron chi connectivity index (χ1n) is 4.81. The molecule has 3 heterocycles. The third kappa shape index (κ3) is 0.873. The molecule has 0 spiro atoms. The molecule has 0 aromatic heterocycles. The Morgan fingerprint density at radius 2 is 1.50 bits per heavy atom. The van der Waals surface area contributed by atoms with Gasteiger partial charge in [0.2, 0.25) is 0 Å². The minimum atomic E-state index is -0.618. The Balaban J connectivity index is 1.78. The molecule has 0 atom stereocenters. The van der Waals surface area contributed by atoms with Crippen molar-refractivity contribution in [1.82, 2.24) is 0 Å². The van der Waals surface area contributed by atoms with Crippen LogP contribution in [0.4, 0.5) is 0 Å². The molecule has 0 radical (unpaired) electrons. The van der Waals surface area contributed by atoms with Crippen LogP contribution in [-0.4, -0.2) is 25.8 Å². The van der Waals surface area contributed by atoms with Crippen LogP contribution in [0.1, 0.15) is 19.3 Å². The van der Waals surface area contributed by atoms with Gasteiger partial charge in [-0.15, -0.1) is 0 Å². The van der Waals surface area contributed by atoms with Gasteiger partial charge in [0.05, 0.1) is 19.8 Å². The number of fused-ring (bicyclic) bond motifs is 3. The molecule has 2 bridgehead atoms. The van der Waals surface area contributed by atoms with E-state index in [0.29, 0.717) is 11.8 Å². The number of hydrogen-bond donors (Lipinski definition) is 0. The molecule has 0 N–H and O–H groups in total. The largest absolute Gasteiger partial charge is 0.327 e. The zero-order chi connectivity index (χ0) is 8.02. The van der Waals surface area contributed by atoms with Gasteiger partial charge in [0, 0.05) is 11.8 Å². The molecule has 1 aliphatic carbocycles. The molecule has 4 rings (SSSR count). The van der Waals surface area contributed by atoms with E-state index in [2.05, 4.69) is 0 Å². The predicted molar refractivity (Wildman–Crippen MR) is 41.4 cm³/mol. The Labute approximate surface area is 72.0 Å². The molecule has 4 aliphatic rings. The summed E-state index contributed by atoms with van der Waals surface area (Å²) in [7, 11) is 0. The lowest BCUT2D eigenvalue weighted by atomic mass is 9.82. The summed E-state index contributed by atoms with van der Waals surface area (Å²) in [5, 5.41) is 0. The Morgan fingerprint density at radius 3 is 1.92 bits per heavy atom. The van der Waals surface area contributed by atoms with E-state index in [1.54, 1.807) is 0 Å². The molecule has 3 heteroatoms. The van der Waals surface area contributed by atoms with Gasteiger partial charge < -0.3 is 14.2 Å². The Morgan fingerprint density at radius 1 is 0.917 bits per heavy atom. The van der Waals surface area contributed by atoms with Crippen molar-refractivity contribution in [2.24, 2.45) is 11.8 Å². The highest BCUT2D eigenvalue weighted by molar-refractivity contribution is 4.85. The van der Waals surface area contributed by atoms with Crippen LogP contribution in [0.15, 0.2) is 0 Å². The molecular weight excluding hydrogens is 156 g/mol. The summed E-state index contributed by atoms with van der Waals surface area (Å²) in [4.78, 5) is 0. The van der Waals surface area contributed by atoms with Crippen molar-refractivity contribution in [3.05, 3.63) is 0 Å². The minimum absolute atomic E-state index is 0.479. The molecule has 0 aromatic rings. The molecule has 12 heavy (non-hydrogen) atoms. The maximum atomic E-state index is 5.62. The van der Waals surface area contributed by atoms with Gasteiger partial charge in [-0.3, -0.25) is 0 Å². The van der Waals surface area contributed by atoms with Crippen LogP contribution in [0.25, 0.3) is 0 Å². The first-order chi connectivity index (χ1) is 5.89. The third-order valence-corrected chi connectivity index (χ3v) is 3.17. The van der Waals surface area contributed by atoms with Gasteiger partial charge in [0.15, 0.2) is 0 Å². The Hall–Kier alpha value is -0.120. The molecule has 68 valence electrons. The molecule has 3 nitrogen and oxygen atoms in total. The van der Waals surface area contributed by atoms with E-state index < -0.39 is 5.97 Å². The fraction of sp³-hybridized carbons (Fsp3) is 1.00. The number of rotatable bonds is 1. The third-order valence-electron chi connectivity index (χ3n) is 3.17. The normalized spacial score (nSPS) is 47.5. The van der Waals surface area contributed by atoms with Crippen molar-refractivity contribution >= 4 is 0 Å². The van der Waals surface area contributed by atoms with E-state index >= 15 is 0 Å². The summed E-state index contributed by atoms with van der Waals surface area (Å²) < 4.78 is 16.9. The van der Waals surface area contributed by atoms with Crippen molar-refractivity contribution in [3.63, 3.8) is 0 Å². The molecular formula is C9H14O3. The van der Waals surface area contributed by atoms with Crippen molar-refractivity contribution in [2.45, 2.75) is 25.2 Å². The molecule has 3 aliphatic heterocycles. The molecule has 1 saturated carbocycles. The quantitative estimate of drug-likeness (QED) is 0.590. The summed E-state index contributed by atoms with van der Waals surface area (Å²) in [5.41, 5.74) is 0. The number of ether oxygens (including phenoxy) is 3. The van der Waals surface area contributed by atoms with Crippen LogP contribution in [0, 0.1) is 11.8 Å². The highest BCUT2D eigenvalue weighted by Gasteiger charge is 2.52. The van der Waals surface area contributed by atoms with E-state index in [9.17, 15) is 0 Å². The second kappa shape index (κ2) is 2.44. The maximum absolute atomic E-state index is 5.62. The van der Waals surface area contributed by atoms with Crippen LogP contribution in [-0.2, 0) is 14.2 Å². The SMILES string of the molecule is C1CC(C23OCC(CO2)CO3)C1. The molecule has 3 saturated heterocycles. The van der Waals surface area contributed by atoms with Gasteiger partial charge in [0.1, 0.15) is 0 Å². The topological polar surface area (TPSA) is 27.7 Å². The fourth-order valence-corrected chi connectivity index (χ4v) is 2.09. The fourth-order valence-electron chi connectivity index (χ4n) is 2.09. The van der Waals surface area contributed by atoms with Gasteiger partial charge in [-0.05, 0) is 12.8 Å². The zero-order valence-corrected chi connectivity index (χ0v) is 7.12. The van der Waals surface area contributed by atoms with Gasteiger partial charge in [-0.25, -0.2) is 0 Å². The minimum Gasteiger partial charge on any atom is -0.327 e. The average Bonchev–Trinajstić information content (AvgIpc) is 2.03. The number of hydrogen-bond acceptors (Lipinski definition) is 3. The second-order valence-electron chi connectivity index (χ2n) is 4.03. The average molecular weight is 170 g/mol. The van der Waals surface area contributed by atoms with Crippen LogP contribution < -0.4 is 0 Å². The summed E-state index contributed by atoms with van der Waals surface area (Å²) in [6.07, 6.45) is 3.70. The van der Waals surface area contributed by atoms with E-state index in [1.165, 1.54) is 19.3 Å². The van der Waals surface area contributed by atoms with Crippen molar-refractivity contribution in [1.29, 1.82) is 0 Å². The molecule has 0 amide bonds. The lowest BCUT2D eigenvalue weighted by molar-refractivity contribution is -0.473. The first-order valence-corrected chi connectivity index (χ1v) is 4.81. The summed E-state index contributed by atoms with van der Waals surface area (Å²) in [5.74, 6) is 0.359. The van der Waals surface area contributed by atoms with Gasteiger partial charge in [-0.2, -0.15) is 0 Å². The second-order valence-corrected chi connectivity index (χ2v) is 4.03. The van der Waals surface area contributed by atoms with Crippen molar-refractivity contribution < 1.29 is 14.2 Å². The van der Waals surface area contributed by atoms with Crippen LogP contribution in [0.5, 0.6) is 0 Å². The Kier molecular flexibility index (Phi) is 1.48. The lowest BCUT2D eigenvalue weighted by Gasteiger charge is -2.51. The van der Waals surface area contributed by atoms with E-state index in [4.69, 9.17) is 14.2 Å². The van der Waals surface area contributed by atoms with Crippen LogP contribution >= 0.6 is 0 Å². The van der Waals surface area contributed by atoms with E-state index in [1.807, 2.05) is 0 Å². The predicted octanol–water partition coefficient (Wildman–Crippen LogP) is 1.13. The van der Waals surface area contributed by atoms with Crippen LogP contribution in [0.2, 0.25) is 0 Å². The highest BCUT2D eigenvalue weighted by atomic mass is 16.9. The standard InChI is InChI=1S/C9H14O3/c1-2-8(3-1)9-10-4-7(5-11-9)6-12-9/h7-8H,1-6H2. The van der Waals surface area contributed by atoms with Gasteiger partial charge in [0.25, 0.3) is 5.97 Å². The summed E-state index contributed by atoms with van der Waals surface area (Å²) in [6.45, 7) is 2.49. The van der Waals surface area contributed by atoms with E-state index in [0.717, 1.165) is 19.8 Å². The van der Waals surface area contributed by atoms with Crippen molar-refractivity contribution in [2.75, 3.05) is 19.8 Å². The molecule has 0 unspecified atom stereocenters.